The van der Waals surface area contributed by atoms with E-state index in [0.717, 1.165) is 29.8 Å². The van der Waals surface area contributed by atoms with E-state index in [1.165, 1.54) is 4.52 Å². The number of aryl methyl sites for hydroxylation is 1. The molecule has 0 bridgehead atoms. The van der Waals surface area contributed by atoms with Crippen molar-refractivity contribution in [1.29, 1.82) is 0 Å². The number of hydrogen-bond acceptors (Lipinski definition) is 5. The predicted molar refractivity (Wildman–Crippen MR) is 92.5 cm³/mol. The lowest BCUT2D eigenvalue weighted by Gasteiger charge is -2.05. The van der Waals surface area contributed by atoms with Gasteiger partial charge in [0.15, 0.2) is 0 Å². The Morgan fingerprint density at radius 3 is 2.71 bits per heavy atom. The van der Waals surface area contributed by atoms with E-state index in [-0.39, 0.29) is 5.56 Å². The number of anilines is 1. The molecule has 0 spiro atoms. The Balaban J connectivity index is 1.73. The Bertz CT molecular complexity index is 867. The van der Waals surface area contributed by atoms with Gasteiger partial charge in [-0.15, -0.1) is 0 Å². The molecule has 2 N–H and O–H groups in total. The van der Waals surface area contributed by atoms with Crippen LogP contribution in [0.1, 0.15) is 31.5 Å². The van der Waals surface area contributed by atoms with Gasteiger partial charge in [-0.3, -0.25) is 9.89 Å². The first kappa shape index (κ1) is 16.0. The zero-order chi connectivity index (χ0) is 16.9. The molecule has 0 atom stereocenters. The summed E-state index contributed by atoms with van der Waals surface area (Å²) in [7, 11) is 0. The van der Waals surface area contributed by atoms with Crippen molar-refractivity contribution in [2.45, 2.75) is 33.2 Å². The summed E-state index contributed by atoms with van der Waals surface area (Å²) in [6.45, 7) is 5.25. The fourth-order valence-electron chi connectivity index (χ4n) is 2.45. The molecule has 2 aromatic heterocycles. The number of rotatable bonds is 7. The van der Waals surface area contributed by atoms with Crippen LogP contribution < -0.4 is 15.6 Å². The Morgan fingerprint density at radius 1 is 1.21 bits per heavy atom. The Morgan fingerprint density at radius 2 is 2.00 bits per heavy atom. The SMILES string of the molecule is CCCc1cc(=O)n2[nH]c(NCc3ccc(OCC)cc3)nc2n1. The van der Waals surface area contributed by atoms with E-state index in [2.05, 4.69) is 27.3 Å². The summed E-state index contributed by atoms with van der Waals surface area (Å²) in [6.07, 6.45) is 1.71. The minimum Gasteiger partial charge on any atom is -0.494 e. The largest absolute Gasteiger partial charge is 0.494 e. The topological polar surface area (TPSA) is 84.3 Å². The van der Waals surface area contributed by atoms with Crippen molar-refractivity contribution < 1.29 is 4.74 Å². The summed E-state index contributed by atoms with van der Waals surface area (Å²) in [5.74, 6) is 1.76. The molecular weight excluding hydrogens is 306 g/mol. The van der Waals surface area contributed by atoms with Gasteiger partial charge in [-0.25, -0.2) is 4.98 Å². The molecule has 0 saturated carbocycles. The Hall–Kier alpha value is -2.83. The fourth-order valence-corrected chi connectivity index (χ4v) is 2.45. The van der Waals surface area contributed by atoms with Crippen molar-refractivity contribution in [1.82, 2.24) is 19.6 Å². The Kier molecular flexibility index (Phi) is 4.79. The van der Waals surface area contributed by atoms with E-state index in [1.54, 1.807) is 6.07 Å². The van der Waals surface area contributed by atoms with Crippen LogP contribution in [0.2, 0.25) is 0 Å². The molecule has 0 aliphatic heterocycles. The maximum Gasteiger partial charge on any atom is 0.274 e. The highest BCUT2D eigenvalue weighted by Gasteiger charge is 2.07. The molecule has 0 amide bonds. The van der Waals surface area contributed by atoms with Crippen molar-refractivity contribution in [3.8, 4) is 5.75 Å². The normalized spacial score (nSPS) is 10.9. The third kappa shape index (κ3) is 3.56. The standard InChI is InChI=1S/C17H21N5O2/c1-3-5-13-10-15(23)22-17(19-13)20-16(21-22)18-11-12-6-8-14(9-7-12)24-4-2/h6-10H,3-5,11H2,1-2H3,(H2,18,19,20,21). The molecule has 0 unspecified atom stereocenters. The number of hydrogen-bond donors (Lipinski definition) is 2. The maximum atomic E-state index is 12.1. The van der Waals surface area contributed by atoms with Gasteiger partial charge < -0.3 is 10.1 Å². The predicted octanol–water partition coefficient (Wildman–Crippen LogP) is 2.38. The number of ether oxygens (including phenoxy) is 1. The van der Waals surface area contributed by atoms with Crippen molar-refractivity contribution in [2.75, 3.05) is 11.9 Å². The minimum absolute atomic E-state index is 0.148. The number of nitrogens with zero attached hydrogens (tertiary/aromatic N) is 3. The molecule has 126 valence electrons. The van der Waals surface area contributed by atoms with Crippen LogP contribution in [0.4, 0.5) is 5.95 Å². The van der Waals surface area contributed by atoms with Gasteiger partial charge >= 0.3 is 0 Å². The van der Waals surface area contributed by atoms with E-state index < -0.39 is 0 Å². The Labute approximate surface area is 139 Å². The van der Waals surface area contributed by atoms with E-state index in [9.17, 15) is 4.79 Å². The fraction of sp³-hybridized carbons (Fsp3) is 0.353. The van der Waals surface area contributed by atoms with Gasteiger partial charge in [0.05, 0.1) is 12.3 Å². The second-order valence-electron chi connectivity index (χ2n) is 5.47. The number of benzene rings is 1. The summed E-state index contributed by atoms with van der Waals surface area (Å²) in [5.41, 5.74) is 1.71. The van der Waals surface area contributed by atoms with Crippen LogP contribution in [0, 0.1) is 0 Å². The minimum atomic E-state index is -0.148. The third-order valence-corrected chi connectivity index (χ3v) is 3.58. The monoisotopic (exact) mass is 327 g/mol. The highest BCUT2D eigenvalue weighted by Crippen LogP contribution is 2.13. The summed E-state index contributed by atoms with van der Waals surface area (Å²) < 4.78 is 6.77. The molecule has 2 heterocycles. The summed E-state index contributed by atoms with van der Waals surface area (Å²) >= 11 is 0. The molecule has 7 heteroatoms. The molecule has 0 aliphatic carbocycles. The molecule has 0 aliphatic rings. The van der Waals surface area contributed by atoms with Gasteiger partial charge in [0, 0.05) is 12.6 Å². The van der Waals surface area contributed by atoms with Crippen molar-refractivity contribution in [2.24, 2.45) is 0 Å². The van der Waals surface area contributed by atoms with Crippen molar-refractivity contribution in [3.63, 3.8) is 0 Å². The molecule has 1 aromatic carbocycles. The first-order valence-electron chi connectivity index (χ1n) is 8.14. The van der Waals surface area contributed by atoms with E-state index in [0.29, 0.717) is 24.9 Å². The second-order valence-corrected chi connectivity index (χ2v) is 5.47. The molecular formula is C17H21N5O2. The number of nitrogens with one attached hydrogen (secondary N) is 2. The lowest BCUT2D eigenvalue weighted by atomic mass is 10.2. The lowest BCUT2D eigenvalue weighted by Crippen LogP contribution is -2.15. The van der Waals surface area contributed by atoms with Gasteiger partial charge in [0.2, 0.25) is 5.95 Å². The number of aromatic nitrogens is 4. The van der Waals surface area contributed by atoms with Crippen molar-refractivity contribution in [3.05, 3.63) is 51.9 Å². The smallest absolute Gasteiger partial charge is 0.274 e. The van der Waals surface area contributed by atoms with Crippen LogP contribution in [0.5, 0.6) is 5.75 Å². The van der Waals surface area contributed by atoms with Gasteiger partial charge in [-0.05, 0) is 31.0 Å². The molecule has 7 nitrogen and oxygen atoms in total. The number of fused-ring (bicyclic) bond motifs is 1. The molecule has 0 fully saturated rings. The van der Waals surface area contributed by atoms with Crippen molar-refractivity contribution >= 4 is 11.7 Å². The summed E-state index contributed by atoms with van der Waals surface area (Å²) in [5, 5.41) is 6.10. The highest BCUT2D eigenvalue weighted by molar-refractivity contribution is 5.38. The van der Waals surface area contributed by atoms with E-state index >= 15 is 0 Å². The highest BCUT2D eigenvalue weighted by atomic mass is 16.5. The van der Waals surface area contributed by atoms with Crippen LogP contribution in [-0.2, 0) is 13.0 Å². The zero-order valence-electron chi connectivity index (χ0n) is 13.9. The molecule has 24 heavy (non-hydrogen) atoms. The lowest BCUT2D eigenvalue weighted by molar-refractivity contribution is 0.340. The van der Waals surface area contributed by atoms with E-state index in [4.69, 9.17) is 4.74 Å². The summed E-state index contributed by atoms with van der Waals surface area (Å²) in [4.78, 5) is 20.8. The molecule has 0 radical (unpaired) electrons. The molecule has 3 rings (SSSR count). The summed E-state index contributed by atoms with van der Waals surface area (Å²) in [6, 6.07) is 9.39. The van der Waals surface area contributed by atoms with Crippen LogP contribution >= 0.6 is 0 Å². The molecule has 3 aromatic rings. The van der Waals surface area contributed by atoms with Crippen LogP contribution in [-0.4, -0.2) is 26.2 Å². The van der Waals surface area contributed by atoms with Crippen LogP contribution in [0.25, 0.3) is 5.78 Å². The van der Waals surface area contributed by atoms with Gasteiger partial charge in [-0.2, -0.15) is 9.50 Å². The van der Waals surface area contributed by atoms with Gasteiger partial charge in [0.25, 0.3) is 11.3 Å². The number of aromatic amines is 1. The van der Waals surface area contributed by atoms with Crippen LogP contribution in [0.15, 0.2) is 35.1 Å². The number of H-pyrrole nitrogens is 1. The van der Waals surface area contributed by atoms with E-state index in [1.807, 2.05) is 31.2 Å². The third-order valence-electron chi connectivity index (χ3n) is 3.58. The first-order valence-corrected chi connectivity index (χ1v) is 8.14. The van der Waals surface area contributed by atoms with Crippen LogP contribution in [0.3, 0.4) is 0 Å². The second kappa shape index (κ2) is 7.16. The maximum absolute atomic E-state index is 12.1. The van der Waals surface area contributed by atoms with Gasteiger partial charge in [0.1, 0.15) is 5.75 Å². The average Bonchev–Trinajstić information content (AvgIpc) is 2.98. The first-order chi connectivity index (χ1) is 11.7. The average molecular weight is 327 g/mol. The molecule has 0 saturated heterocycles. The zero-order valence-corrected chi connectivity index (χ0v) is 13.9. The van der Waals surface area contributed by atoms with Gasteiger partial charge in [-0.1, -0.05) is 25.5 Å². The quantitative estimate of drug-likeness (QED) is 0.696.